The summed E-state index contributed by atoms with van der Waals surface area (Å²) < 4.78 is 7.12. The van der Waals surface area contributed by atoms with Crippen LogP contribution in [0, 0.1) is 20.8 Å². The Labute approximate surface area is 130 Å². The Bertz CT molecular complexity index is 695. The minimum Gasteiger partial charge on any atom is -0.360 e. The molecule has 1 amide bonds. The quantitative estimate of drug-likeness (QED) is 0.939. The maximum absolute atomic E-state index is 12.8. The highest BCUT2D eigenvalue weighted by molar-refractivity contribution is 5.96. The topological polar surface area (TPSA) is 63.3 Å². The van der Waals surface area contributed by atoms with Gasteiger partial charge in [0.2, 0.25) is 0 Å². The highest BCUT2D eigenvalue weighted by atomic mass is 16.5. The van der Waals surface area contributed by atoms with Gasteiger partial charge in [-0.2, -0.15) is 0 Å². The molecule has 3 heterocycles. The van der Waals surface area contributed by atoms with Crippen molar-refractivity contribution in [2.75, 3.05) is 20.1 Å². The predicted molar refractivity (Wildman–Crippen MR) is 83.4 cm³/mol. The molecular weight excluding hydrogens is 280 g/mol. The Morgan fingerprint density at radius 2 is 2.18 bits per heavy atom. The molecule has 0 spiro atoms. The van der Waals surface area contributed by atoms with Crippen LogP contribution in [-0.4, -0.2) is 46.7 Å². The van der Waals surface area contributed by atoms with E-state index in [1.807, 2.05) is 49.4 Å². The van der Waals surface area contributed by atoms with Crippen molar-refractivity contribution in [3.05, 3.63) is 34.8 Å². The second-order valence-electron chi connectivity index (χ2n) is 5.98. The number of hydrogen-bond acceptors (Lipinski definition) is 4. The number of rotatable bonds is 3. The van der Waals surface area contributed by atoms with E-state index in [9.17, 15) is 4.79 Å². The number of carbonyl (C=O) groups is 1. The zero-order valence-corrected chi connectivity index (χ0v) is 13.5. The van der Waals surface area contributed by atoms with Crippen molar-refractivity contribution in [2.45, 2.75) is 33.2 Å². The van der Waals surface area contributed by atoms with Crippen LogP contribution < -0.4 is 5.32 Å². The third-order valence-corrected chi connectivity index (χ3v) is 4.41. The first-order chi connectivity index (χ1) is 10.5. The van der Waals surface area contributed by atoms with Gasteiger partial charge in [-0.3, -0.25) is 9.36 Å². The summed E-state index contributed by atoms with van der Waals surface area (Å²) in [6.45, 7) is 7.62. The van der Waals surface area contributed by atoms with Gasteiger partial charge in [0.05, 0.1) is 5.56 Å². The molecule has 6 heteroatoms. The van der Waals surface area contributed by atoms with E-state index in [4.69, 9.17) is 4.52 Å². The van der Waals surface area contributed by atoms with E-state index in [0.717, 1.165) is 48.0 Å². The number of likely N-dealkylation sites (N-methyl/N-ethyl adjacent to an activating group) is 1. The summed E-state index contributed by atoms with van der Waals surface area (Å²) in [5.74, 6) is 1.54. The van der Waals surface area contributed by atoms with E-state index in [-0.39, 0.29) is 11.9 Å². The van der Waals surface area contributed by atoms with Gasteiger partial charge in [-0.1, -0.05) is 5.16 Å². The molecule has 1 aliphatic heterocycles. The molecule has 0 radical (unpaired) electrons. The summed E-state index contributed by atoms with van der Waals surface area (Å²) >= 11 is 0. The molecule has 1 saturated heterocycles. The van der Waals surface area contributed by atoms with Gasteiger partial charge in [0, 0.05) is 37.1 Å². The smallest absolute Gasteiger partial charge is 0.255 e. The van der Waals surface area contributed by atoms with Crippen molar-refractivity contribution in [1.82, 2.24) is 19.9 Å². The summed E-state index contributed by atoms with van der Waals surface area (Å²) in [4.78, 5) is 14.6. The minimum absolute atomic E-state index is 0.0632. The Balaban J connectivity index is 1.93. The van der Waals surface area contributed by atoms with Crippen molar-refractivity contribution in [3.63, 3.8) is 0 Å². The molecule has 22 heavy (non-hydrogen) atoms. The van der Waals surface area contributed by atoms with E-state index in [1.54, 1.807) is 0 Å². The van der Waals surface area contributed by atoms with Gasteiger partial charge in [-0.05, 0) is 39.8 Å². The Morgan fingerprint density at radius 1 is 1.41 bits per heavy atom. The van der Waals surface area contributed by atoms with Crippen molar-refractivity contribution in [2.24, 2.45) is 0 Å². The van der Waals surface area contributed by atoms with Gasteiger partial charge in [-0.25, -0.2) is 0 Å². The van der Waals surface area contributed by atoms with Gasteiger partial charge in [0.1, 0.15) is 5.76 Å². The molecule has 0 saturated carbocycles. The standard InChI is InChI=1S/C16H22N4O2/c1-10-7-14(16(21)19(4)13-5-6-17-9-13)12(3)20(10)15-8-11(2)22-18-15/h7-8,13,17H,5-6,9H2,1-4H3. The third-order valence-electron chi connectivity index (χ3n) is 4.41. The second kappa shape index (κ2) is 5.61. The van der Waals surface area contributed by atoms with Gasteiger partial charge in [0.15, 0.2) is 5.82 Å². The Kier molecular flexibility index (Phi) is 3.78. The molecular formula is C16H22N4O2. The zero-order valence-electron chi connectivity index (χ0n) is 13.5. The molecule has 0 aromatic carbocycles. The molecule has 1 fully saturated rings. The van der Waals surface area contributed by atoms with Crippen molar-refractivity contribution >= 4 is 5.91 Å². The van der Waals surface area contributed by atoms with E-state index >= 15 is 0 Å². The monoisotopic (exact) mass is 302 g/mol. The van der Waals surface area contributed by atoms with Crippen LogP contribution in [0.15, 0.2) is 16.7 Å². The average Bonchev–Trinajstić information content (AvgIpc) is 3.19. The largest absolute Gasteiger partial charge is 0.360 e. The lowest BCUT2D eigenvalue weighted by Gasteiger charge is -2.23. The van der Waals surface area contributed by atoms with E-state index in [2.05, 4.69) is 10.5 Å². The molecule has 0 aliphatic carbocycles. The van der Waals surface area contributed by atoms with Crippen LogP contribution in [0.5, 0.6) is 0 Å². The normalized spacial score (nSPS) is 17.9. The van der Waals surface area contributed by atoms with Crippen molar-refractivity contribution in [3.8, 4) is 5.82 Å². The van der Waals surface area contributed by atoms with Gasteiger partial charge in [0.25, 0.3) is 5.91 Å². The lowest BCUT2D eigenvalue weighted by atomic mass is 10.1. The van der Waals surface area contributed by atoms with E-state index < -0.39 is 0 Å². The Morgan fingerprint density at radius 3 is 2.77 bits per heavy atom. The summed E-state index contributed by atoms with van der Waals surface area (Å²) in [5, 5.41) is 7.35. The van der Waals surface area contributed by atoms with Crippen LogP contribution in [-0.2, 0) is 0 Å². The molecule has 0 bridgehead atoms. The number of carbonyl (C=O) groups excluding carboxylic acids is 1. The van der Waals surface area contributed by atoms with Gasteiger partial charge >= 0.3 is 0 Å². The zero-order chi connectivity index (χ0) is 15.9. The minimum atomic E-state index is 0.0632. The first-order valence-electron chi connectivity index (χ1n) is 7.59. The third kappa shape index (κ3) is 2.43. The molecule has 1 N–H and O–H groups in total. The fourth-order valence-corrected chi connectivity index (χ4v) is 3.12. The van der Waals surface area contributed by atoms with Gasteiger partial charge in [-0.15, -0.1) is 0 Å². The molecule has 1 atom stereocenters. The Hall–Kier alpha value is -2.08. The summed E-state index contributed by atoms with van der Waals surface area (Å²) in [7, 11) is 1.88. The molecule has 6 nitrogen and oxygen atoms in total. The van der Waals surface area contributed by atoms with Crippen LogP contribution in [0.3, 0.4) is 0 Å². The van der Waals surface area contributed by atoms with Crippen LogP contribution in [0.1, 0.15) is 33.9 Å². The molecule has 1 unspecified atom stereocenters. The van der Waals surface area contributed by atoms with Gasteiger partial charge < -0.3 is 14.7 Å². The lowest BCUT2D eigenvalue weighted by molar-refractivity contribution is 0.0743. The molecule has 3 rings (SSSR count). The average molecular weight is 302 g/mol. The maximum Gasteiger partial charge on any atom is 0.255 e. The summed E-state index contributed by atoms with van der Waals surface area (Å²) in [6.07, 6.45) is 1.00. The molecule has 2 aromatic heterocycles. The van der Waals surface area contributed by atoms with Crippen LogP contribution in [0.4, 0.5) is 0 Å². The van der Waals surface area contributed by atoms with E-state index in [0.29, 0.717) is 0 Å². The number of nitrogens with one attached hydrogen (secondary N) is 1. The molecule has 2 aromatic rings. The van der Waals surface area contributed by atoms with Crippen molar-refractivity contribution in [1.29, 1.82) is 0 Å². The SMILES string of the molecule is Cc1cc(-n2c(C)cc(C(=O)N(C)C3CCNC3)c2C)no1. The highest BCUT2D eigenvalue weighted by Gasteiger charge is 2.27. The summed E-state index contributed by atoms with van der Waals surface area (Å²) in [5.41, 5.74) is 2.60. The molecule has 1 aliphatic rings. The van der Waals surface area contributed by atoms with Crippen LogP contribution >= 0.6 is 0 Å². The summed E-state index contributed by atoms with van der Waals surface area (Å²) in [6, 6.07) is 4.07. The maximum atomic E-state index is 12.8. The van der Waals surface area contributed by atoms with Crippen molar-refractivity contribution < 1.29 is 9.32 Å². The number of amides is 1. The number of nitrogens with zero attached hydrogens (tertiary/aromatic N) is 3. The first kappa shape index (κ1) is 14.8. The van der Waals surface area contributed by atoms with Crippen LogP contribution in [0.2, 0.25) is 0 Å². The lowest BCUT2D eigenvalue weighted by Crippen LogP contribution is -2.38. The van der Waals surface area contributed by atoms with E-state index in [1.165, 1.54) is 0 Å². The number of hydrogen-bond donors (Lipinski definition) is 1. The first-order valence-corrected chi connectivity index (χ1v) is 7.59. The fourth-order valence-electron chi connectivity index (χ4n) is 3.12. The number of aromatic nitrogens is 2. The highest BCUT2D eigenvalue weighted by Crippen LogP contribution is 2.22. The fraction of sp³-hybridized carbons (Fsp3) is 0.500. The predicted octanol–water partition coefficient (Wildman–Crippen LogP) is 1.82. The number of aryl methyl sites for hydroxylation is 2. The second-order valence-corrected chi connectivity index (χ2v) is 5.98. The molecule has 118 valence electrons. The van der Waals surface area contributed by atoms with Crippen LogP contribution in [0.25, 0.3) is 5.82 Å².